The highest BCUT2D eigenvalue weighted by Crippen LogP contribution is 2.18. The molecule has 0 unspecified atom stereocenters. The second-order valence-electron chi connectivity index (χ2n) is 5.03. The predicted molar refractivity (Wildman–Crippen MR) is 91.7 cm³/mol. The quantitative estimate of drug-likeness (QED) is 0.592. The number of non-ortho nitro benzene ring substituents is 1. The fraction of sp³-hybridized carbons (Fsp3) is 0.176. The first-order valence-corrected chi connectivity index (χ1v) is 7.55. The Morgan fingerprint density at radius 3 is 2.52 bits per heavy atom. The highest BCUT2D eigenvalue weighted by molar-refractivity contribution is 6.04. The largest absolute Gasteiger partial charge is 0.484 e. The summed E-state index contributed by atoms with van der Waals surface area (Å²) in [6.07, 6.45) is 0. The second-order valence-corrected chi connectivity index (χ2v) is 5.03. The smallest absolute Gasteiger partial charge is 0.270 e. The van der Waals surface area contributed by atoms with Crippen molar-refractivity contribution < 1.29 is 19.2 Å². The molecule has 0 aliphatic carbocycles. The first kappa shape index (κ1) is 17.9. The van der Waals surface area contributed by atoms with Gasteiger partial charge in [-0.1, -0.05) is 6.07 Å². The molecule has 0 spiro atoms. The summed E-state index contributed by atoms with van der Waals surface area (Å²) < 4.78 is 5.31. The monoisotopic (exact) mass is 343 g/mol. The number of benzene rings is 2. The van der Waals surface area contributed by atoms with Crippen molar-refractivity contribution in [2.45, 2.75) is 6.92 Å². The summed E-state index contributed by atoms with van der Waals surface area (Å²) in [5.41, 5.74) is 0.536. The van der Waals surface area contributed by atoms with Crippen LogP contribution in [0.15, 0.2) is 48.5 Å². The molecule has 0 fully saturated rings. The molecule has 2 rings (SSSR count). The van der Waals surface area contributed by atoms with Crippen LogP contribution in [-0.2, 0) is 4.79 Å². The number of nitrogens with one attached hydrogen (secondary N) is 2. The predicted octanol–water partition coefficient (Wildman–Crippen LogP) is 2.36. The number of likely N-dealkylation sites (N-methyl/N-ethyl adjacent to an activating group) is 1. The van der Waals surface area contributed by atoms with E-state index in [1.54, 1.807) is 24.3 Å². The van der Waals surface area contributed by atoms with Crippen molar-refractivity contribution in [1.29, 1.82) is 0 Å². The Kier molecular flexibility index (Phi) is 6.05. The molecular weight excluding hydrogens is 326 g/mol. The number of nitro benzene ring substituents is 1. The van der Waals surface area contributed by atoms with E-state index in [9.17, 15) is 19.7 Å². The summed E-state index contributed by atoms with van der Waals surface area (Å²) in [5, 5.41) is 16.0. The van der Waals surface area contributed by atoms with Gasteiger partial charge >= 0.3 is 0 Å². The number of nitrogens with zero attached hydrogens (tertiary/aromatic N) is 1. The highest BCUT2D eigenvalue weighted by atomic mass is 16.6. The van der Waals surface area contributed by atoms with Gasteiger partial charge in [-0.2, -0.15) is 0 Å². The molecule has 0 aromatic heterocycles. The van der Waals surface area contributed by atoms with Crippen molar-refractivity contribution in [2.75, 3.05) is 18.5 Å². The van der Waals surface area contributed by atoms with E-state index in [1.807, 2.05) is 6.92 Å². The number of carbonyl (C=O) groups is 2. The Hall–Kier alpha value is -3.42. The molecule has 0 saturated carbocycles. The van der Waals surface area contributed by atoms with Crippen molar-refractivity contribution in [3.05, 3.63) is 64.2 Å². The van der Waals surface area contributed by atoms with E-state index >= 15 is 0 Å². The number of ether oxygens (including phenoxy) is 1. The topological polar surface area (TPSA) is 111 Å². The van der Waals surface area contributed by atoms with Gasteiger partial charge in [0, 0.05) is 29.9 Å². The lowest BCUT2D eigenvalue weighted by Crippen LogP contribution is -2.28. The zero-order chi connectivity index (χ0) is 18.2. The van der Waals surface area contributed by atoms with Gasteiger partial charge in [-0.3, -0.25) is 19.7 Å². The minimum atomic E-state index is -0.558. The van der Waals surface area contributed by atoms with Gasteiger partial charge in [0.1, 0.15) is 5.75 Å². The van der Waals surface area contributed by atoms with Gasteiger partial charge in [0.2, 0.25) is 0 Å². The van der Waals surface area contributed by atoms with Crippen molar-refractivity contribution in [1.82, 2.24) is 5.32 Å². The summed E-state index contributed by atoms with van der Waals surface area (Å²) in [7, 11) is 0. The number of hydrogen-bond acceptors (Lipinski definition) is 5. The lowest BCUT2D eigenvalue weighted by Gasteiger charge is -2.08. The van der Waals surface area contributed by atoms with Gasteiger partial charge in [0.05, 0.1) is 4.92 Å². The van der Waals surface area contributed by atoms with Crippen LogP contribution in [0.5, 0.6) is 5.75 Å². The summed E-state index contributed by atoms with van der Waals surface area (Å²) in [6.45, 7) is 2.26. The van der Waals surface area contributed by atoms with Crippen LogP contribution in [0.25, 0.3) is 0 Å². The van der Waals surface area contributed by atoms with Gasteiger partial charge in [-0.25, -0.2) is 0 Å². The van der Waals surface area contributed by atoms with Crippen LogP contribution in [0.2, 0.25) is 0 Å². The number of carbonyl (C=O) groups excluding carboxylic acids is 2. The molecule has 2 aromatic carbocycles. The maximum atomic E-state index is 12.1. The van der Waals surface area contributed by atoms with Crippen LogP contribution in [0.3, 0.4) is 0 Å². The van der Waals surface area contributed by atoms with Crippen LogP contribution in [0.1, 0.15) is 17.3 Å². The summed E-state index contributed by atoms with van der Waals surface area (Å²) in [4.78, 5) is 33.7. The molecule has 8 nitrogen and oxygen atoms in total. The molecule has 0 aliphatic rings. The summed E-state index contributed by atoms with van der Waals surface area (Å²) in [5.74, 6) is -0.190. The lowest BCUT2D eigenvalue weighted by molar-refractivity contribution is -0.384. The van der Waals surface area contributed by atoms with Crippen molar-refractivity contribution in [3.8, 4) is 5.75 Å². The molecule has 0 aliphatic heterocycles. The van der Waals surface area contributed by atoms with Crippen molar-refractivity contribution >= 4 is 23.2 Å². The third-order valence-corrected chi connectivity index (χ3v) is 3.18. The standard InChI is InChI=1S/C17H17N3O5/c1-2-18-16(21)11-25-15-8-6-13(7-9-15)19-17(22)12-4-3-5-14(10-12)20(23)24/h3-10H,2,11H2,1H3,(H,18,21)(H,19,22). The highest BCUT2D eigenvalue weighted by Gasteiger charge is 2.11. The molecule has 0 atom stereocenters. The van der Waals surface area contributed by atoms with E-state index in [0.717, 1.165) is 0 Å². The number of hydrogen-bond donors (Lipinski definition) is 2. The first-order chi connectivity index (χ1) is 12.0. The van der Waals surface area contributed by atoms with Crippen LogP contribution in [-0.4, -0.2) is 29.9 Å². The first-order valence-electron chi connectivity index (χ1n) is 7.55. The molecule has 8 heteroatoms. The third kappa shape index (κ3) is 5.31. The third-order valence-electron chi connectivity index (χ3n) is 3.18. The van der Waals surface area contributed by atoms with Crippen LogP contribution in [0.4, 0.5) is 11.4 Å². The molecular formula is C17H17N3O5. The average Bonchev–Trinajstić information content (AvgIpc) is 2.61. The zero-order valence-corrected chi connectivity index (χ0v) is 13.5. The molecule has 2 aromatic rings. The van der Waals surface area contributed by atoms with Crippen molar-refractivity contribution in [2.24, 2.45) is 0 Å². The summed E-state index contributed by atoms with van der Waals surface area (Å²) >= 11 is 0. The van der Waals surface area contributed by atoms with Gasteiger partial charge in [0.25, 0.3) is 17.5 Å². The Balaban J connectivity index is 1.96. The van der Waals surface area contributed by atoms with Crippen LogP contribution >= 0.6 is 0 Å². The minimum Gasteiger partial charge on any atom is -0.484 e. The minimum absolute atomic E-state index is 0.0901. The van der Waals surface area contributed by atoms with E-state index < -0.39 is 10.8 Å². The molecule has 0 heterocycles. The molecule has 25 heavy (non-hydrogen) atoms. The van der Waals surface area contributed by atoms with Crippen molar-refractivity contribution in [3.63, 3.8) is 0 Å². The number of amides is 2. The molecule has 0 radical (unpaired) electrons. The van der Waals surface area contributed by atoms with E-state index in [0.29, 0.717) is 18.0 Å². The van der Waals surface area contributed by atoms with E-state index in [1.165, 1.54) is 24.3 Å². The Bertz CT molecular complexity index is 774. The van der Waals surface area contributed by atoms with E-state index in [2.05, 4.69) is 10.6 Å². The van der Waals surface area contributed by atoms with Gasteiger partial charge < -0.3 is 15.4 Å². The SMILES string of the molecule is CCNC(=O)COc1ccc(NC(=O)c2cccc([N+](=O)[O-])c2)cc1. The molecule has 0 bridgehead atoms. The fourth-order valence-corrected chi connectivity index (χ4v) is 2.00. The number of anilines is 1. The molecule has 2 N–H and O–H groups in total. The van der Waals surface area contributed by atoms with Gasteiger partial charge in [-0.15, -0.1) is 0 Å². The normalized spacial score (nSPS) is 9.96. The number of nitro groups is 1. The van der Waals surface area contributed by atoms with E-state index in [-0.39, 0.29) is 23.8 Å². The van der Waals surface area contributed by atoms with Gasteiger partial charge in [-0.05, 0) is 37.3 Å². The zero-order valence-electron chi connectivity index (χ0n) is 13.5. The van der Waals surface area contributed by atoms with Crippen LogP contribution < -0.4 is 15.4 Å². The Morgan fingerprint density at radius 1 is 1.16 bits per heavy atom. The van der Waals surface area contributed by atoms with Crippen LogP contribution in [0, 0.1) is 10.1 Å². The maximum absolute atomic E-state index is 12.1. The molecule has 2 amide bonds. The van der Waals surface area contributed by atoms with E-state index in [4.69, 9.17) is 4.74 Å². The molecule has 0 saturated heterocycles. The maximum Gasteiger partial charge on any atom is 0.270 e. The second kappa shape index (κ2) is 8.44. The van der Waals surface area contributed by atoms with Gasteiger partial charge in [0.15, 0.2) is 6.61 Å². The Labute approximate surface area is 144 Å². The summed E-state index contributed by atoms with van der Waals surface area (Å²) in [6, 6.07) is 11.9. The Morgan fingerprint density at radius 2 is 1.88 bits per heavy atom. The fourth-order valence-electron chi connectivity index (χ4n) is 2.00. The lowest BCUT2D eigenvalue weighted by atomic mass is 10.2. The molecule has 130 valence electrons. The number of rotatable bonds is 7. The average molecular weight is 343 g/mol.